The van der Waals surface area contributed by atoms with E-state index in [4.69, 9.17) is 0 Å². The van der Waals surface area contributed by atoms with Crippen molar-refractivity contribution in [3.63, 3.8) is 0 Å². The van der Waals surface area contributed by atoms with E-state index < -0.39 is 0 Å². The molecule has 0 amide bonds. The molecular formula is C26H27N3O3. The van der Waals surface area contributed by atoms with Crippen LogP contribution in [0.2, 0.25) is 0 Å². The lowest BCUT2D eigenvalue weighted by molar-refractivity contribution is 0.172. The molecule has 0 spiro atoms. The van der Waals surface area contributed by atoms with Crippen LogP contribution in [0.25, 0.3) is 21.8 Å². The molecule has 5 rings (SSSR count). The van der Waals surface area contributed by atoms with Crippen molar-refractivity contribution < 1.29 is 4.84 Å². The molecule has 6 nitrogen and oxygen atoms in total. The van der Waals surface area contributed by atoms with E-state index in [9.17, 15) is 9.59 Å². The van der Waals surface area contributed by atoms with E-state index in [2.05, 4.69) is 10.3 Å². The second-order valence-corrected chi connectivity index (χ2v) is 6.87. The van der Waals surface area contributed by atoms with Crippen molar-refractivity contribution in [2.45, 2.75) is 26.9 Å². The number of aromatic nitrogens is 2. The summed E-state index contributed by atoms with van der Waals surface area (Å²) >= 11 is 0. The fourth-order valence-electron chi connectivity index (χ4n) is 3.40. The zero-order valence-corrected chi connectivity index (χ0v) is 18.3. The molecule has 1 N–H and O–H groups in total. The van der Waals surface area contributed by atoms with E-state index in [0.717, 1.165) is 34.9 Å². The molecule has 2 aromatic heterocycles. The summed E-state index contributed by atoms with van der Waals surface area (Å²) in [7, 11) is 0. The summed E-state index contributed by atoms with van der Waals surface area (Å²) in [5, 5.41) is 2.23. The lowest BCUT2D eigenvalue weighted by Gasteiger charge is -2.05. The van der Waals surface area contributed by atoms with Crippen LogP contribution in [0.15, 0.2) is 107 Å². The molecule has 0 saturated heterocycles. The van der Waals surface area contributed by atoms with E-state index in [0.29, 0.717) is 0 Å². The van der Waals surface area contributed by atoms with Gasteiger partial charge in [-0.3, -0.25) is 9.59 Å². The molecule has 0 bridgehead atoms. The summed E-state index contributed by atoms with van der Waals surface area (Å²) in [4.78, 5) is 27.4. The van der Waals surface area contributed by atoms with Gasteiger partial charge in [-0.15, -0.1) is 0 Å². The monoisotopic (exact) mass is 429 g/mol. The molecule has 0 unspecified atom stereocenters. The summed E-state index contributed by atoms with van der Waals surface area (Å²) < 4.78 is 3.55. The Bertz CT molecular complexity index is 1240. The lowest BCUT2D eigenvalue weighted by Crippen LogP contribution is -2.17. The second kappa shape index (κ2) is 11.4. The maximum Gasteiger partial charge on any atom is 0.250 e. The number of hydroxylamine groups is 1. The summed E-state index contributed by atoms with van der Waals surface area (Å²) in [5.74, 6) is 0. The Morgan fingerprint density at radius 3 is 1.53 bits per heavy atom. The van der Waals surface area contributed by atoms with Crippen LogP contribution in [0.5, 0.6) is 0 Å². The molecule has 0 aliphatic carbocycles. The Balaban J connectivity index is 0.000000145. The third-order valence-corrected chi connectivity index (χ3v) is 4.92. The van der Waals surface area contributed by atoms with Gasteiger partial charge in [0, 0.05) is 31.4 Å². The number of fused-ring (bicyclic) bond motifs is 2. The molecule has 32 heavy (non-hydrogen) atoms. The first-order chi connectivity index (χ1) is 15.7. The smallest absolute Gasteiger partial charge is 0.250 e. The first kappa shape index (κ1) is 22.6. The van der Waals surface area contributed by atoms with Crippen molar-refractivity contribution in [1.82, 2.24) is 14.6 Å². The minimum Gasteiger partial charge on any atom is -0.391 e. The maximum atomic E-state index is 11.4. The van der Waals surface area contributed by atoms with Gasteiger partial charge in [-0.2, -0.15) is 0 Å². The molecule has 1 aliphatic rings. The number of allylic oxidation sites excluding steroid dienone is 2. The zero-order valence-electron chi connectivity index (χ0n) is 18.3. The average molecular weight is 430 g/mol. The van der Waals surface area contributed by atoms with E-state index in [1.54, 1.807) is 39.8 Å². The van der Waals surface area contributed by atoms with Crippen LogP contribution in [0.1, 0.15) is 13.8 Å². The van der Waals surface area contributed by atoms with Crippen LogP contribution >= 0.6 is 0 Å². The van der Waals surface area contributed by atoms with Crippen molar-refractivity contribution in [2.75, 3.05) is 0 Å². The van der Waals surface area contributed by atoms with Gasteiger partial charge in [0.05, 0.1) is 11.0 Å². The van der Waals surface area contributed by atoms with E-state index in [-0.39, 0.29) is 11.1 Å². The van der Waals surface area contributed by atoms with Gasteiger partial charge in [-0.1, -0.05) is 36.4 Å². The Hall–Kier alpha value is -4.06. The number of benzene rings is 2. The Labute approximate surface area is 186 Å². The van der Waals surface area contributed by atoms with Crippen molar-refractivity contribution in [2.24, 2.45) is 0 Å². The maximum absolute atomic E-state index is 11.4. The molecule has 2 aromatic carbocycles. The van der Waals surface area contributed by atoms with E-state index >= 15 is 0 Å². The van der Waals surface area contributed by atoms with Gasteiger partial charge in [-0.05, 0) is 61.0 Å². The highest BCUT2D eigenvalue weighted by Gasteiger charge is 1.99. The molecule has 6 heteroatoms. The lowest BCUT2D eigenvalue weighted by atomic mass is 10.2. The molecule has 164 valence electrons. The van der Waals surface area contributed by atoms with Gasteiger partial charge in [0.25, 0.3) is 11.1 Å². The molecule has 1 aliphatic heterocycles. The standard InChI is InChI=1S/2C11H11NO.C4H5NO/c2*1-2-12-10-6-4-3-5-9(10)7-8-11(12)13;1-2-4-6-5-3-1/h2*3-8H,2H2,1H3;1-5H. The zero-order chi connectivity index (χ0) is 22.8. The van der Waals surface area contributed by atoms with Crippen molar-refractivity contribution >= 4 is 21.8 Å². The quantitative estimate of drug-likeness (QED) is 0.506. The van der Waals surface area contributed by atoms with Gasteiger partial charge in [0.1, 0.15) is 6.26 Å². The van der Waals surface area contributed by atoms with Crippen LogP contribution in [-0.4, -0.2) is 9.13 Å². The van der Waals surface area contributed by atoms with Gasteiger partial charge in [-0.25, -0.2) is 5.48 Å². The van der Waals surface area contributed by atoms with Crippen molar-refractivity contribution in [3.05, 3.63) is 118 Å². The summed E-state index contributed by atoms with van der Waals surface area (Å²) in [6, 6.07) is 22.8. The molecule has 0 fully saturated rings. The summed E-state index contributed by atoms with van der Waals surface area (Å²) in [5.41, 5.74) is 4.68. The fraction of sp³-hybridized carbons (Fsp3) is 0.154. The third-order valence-electron chi connectivity index (χ3n) is 4.92. The predicted octanol–water partition coefficient (Wildman–Crippen LogP) is 4.59. The topological polar surface area (TPSA) is 65.3 Å². The molecule has 0 saturated carbocycles. The highest BCUT2D eigenvalue weighted by atomic mass is 16.6. The van der Waals surface area contributed by atoms with Crippen LogP contribution < -0.4 is 16.6 Å². The first-order valence-electron chi connectivity index (χ1n) is 10.6. The van der Waals surface area contributed by atoms with Crippen molar-refractivity contribution in [3.8, 4) is 0 Å². The Morgan fingerprint density at radius 2 is 1.19 bits per heavy atom. The van der Waals surface area contributed by atoms with E-state index in [1.165, 1.54) is 0 Å². The van der Waals surface area contributed by atoms with Crippen LogP contribution in [0, 0.1) is 0 Å². The normalized spacial score (nSPS) is 11.6. The number of aryl methyl sites for hydroxylation is 2. The van der Waals surface area contributed by atoms with E-state index in [1.807, 2.05) is 80.6 Å². The molecule has 0 radical (unpaired) electrons. The number of rotatable bonds is 2. The first-order valence-corrected chi connectivity index (χ1v) is 10.6. The summed E-state index contributed by atoms with van der Waals surface area (Å²) in [6.45, 7) is 5.40. The molecular weight excluding hydrogens is 402 g/mol. The SMILES string of the molecule is C1=CNOC=C1.CCn1c(=O)ccc2ccccc21.CCn1c(=O)ccc2ccccc21. The second-order valence-electron chi connectivity index (χ2n) is 6.87. The highest BCUT2D eigenvalue weighted by molar-refractivity contribution is 5.79. The molecule has 3 heterocycles. The number of hydrogen-bond donors (Lipinski definition) is 1. The number of pyridine rings is 2. The van der Waals surface area contributed by atoms with Crippen LogP contribution in [-0.2, 0) is 17.9 Å². The minimum atomic E-state index is 0.0706. The van der Waals surface area contributed by atoms with Crippen LogP contribution in [0.3, 0.4) is 0 Å². The molecule has 4 aromatic rings. The van der Waals surface area contributed by atoms with Gasteiger partial charge in [0.15, 0.2) is 0 Å². The fourth-order valence-corrected chi connectivity index (χ4v) is 3.40. The highest BCUT2D eigenvalue weighted by Crippen LogP contribution is 2.11. The van der Waals surface area contributed by atoms with Crippen molar-refractivity contribution in [1.29, 1.82) is 0 Å². The van der Waals surface area contributed by atoms with Gasteiger partial charge in [0.2, 0.25) is 0 Å². The minimum absolute atomic E-state index is 0.0706. The molecule has 0 atom stereocenters. The van der Waals surface area contributed by atoms with Gasteiger partial charge >= 0.3 is 0 Å². The number of para-hydroxylation sites is 2. The third kappa shape index (κ3) is 5.55. The largest absolute Gasteiger partial charge is 0.391 e. The summed E-state index contributed by atoms with van der Waals surface area (Å²) in [6.07, 6.45) is 6.93. The predicted molar refractivity (Wildman–Crippen MR) is 130 cm³/mol. The average Bonchev–Trinajstić information content (AvgIpc) is 2.86. The Morgan fingerprint density at radius 1 is 0.688 bits per heavy atom. The van der Waals surface area contributed by atoms with Gasteiger partial charge < -0.3 is 14.0 Å². The van der Waals surface area contributed by atoms with Crippen LogP contribution in [0.4, 0.5) is 0 Å². The number of nitrogens with one attached hydrogen (secondary N) is 1. The number of nitrogens with zero attached hydrogens (tertiary/aromatic N) is 2. The Kier molecular flexibility index (Phi) is 8.03. The number of hydrogen-bond acceptors (Lipinski definition) is 4.